The molecule has 4 aliphatic rings. The van der Waals surface area contributed by atoms with Crippen molar-refractivity contribution < 1.29 is 24.1 Å². The molecule has 10 aromatic rings. The smallest absolute Gasteiger partial charge is 0.119 e. The number of aliphatic hydroxyl groups is 1. The highest BCUT2D eigenvalue weighted by Crippen LogP contribution is 2.59. The second-order valence-electron chi connectivity index (χ2n) is 25.9. The monoisotopic (exact) mass is 1310 g/mol. The molecule has 2 aliphatic heterocycles. The Balaban J connectivity index is 0.737. The van der Waals surface area contributed by atoms with Gasteiger partial charge < -0.3 is 24.1 Å². The molecular formula is C85H84O5S4. The van der Waals surface area contributed by atoms with E-state index in [1.165, 1.54) is 92.3 Å². The lowest BCUT2D eigenvalue weighted by molar-refractivity contribution is -0.0961. The van der Waals surface area contributed by atoms with Crippen molar-refractivity contribution in [2.45, 2.75) is 136 Å². The van der Waals surface area contributed by atoms with Crippen LogP contribution in [0.5, 0.6) is 11.5 Å². The van der Waals surface area contributed by atoms with E-state index in [4.69, 9.17) is 18.9 Å². The van der Waals surface area contributed by atoms with E-state index >= 15 is 0 Å². The molecule has 0 radical (unpaired) electrons. The van der Waals surface area contributed by atoms with E-state index in [2.05, 4.69) is 282 Å². The third-order valence-electron chi connectivity index (χ3n) is 20.7. The van der Waals surface area contributed by atoms with Gasteiger partial charge in [0.15, 0.2) is 0 Å². The Hall–Kier alpha value is -6.92. The molecule has 2 aliphatic carbocycles. The number of hydrogen-bond acceptors (Lipinski definition) is 9. The fourth-order valence-corrected chi connectivity index (χ4v) is 17.7. The van der Waals surface area contributed by atoms with Gasteiger partial charge in [0.25, 0.3) is 0 Å². The third-order valence-corrected chi connectivity index (χ3v) is 24.5. The van der Waals surface area contributed by atoms with Gasteiger partial charge in [-0.3, -0.25) is 0 Å². The average Bonchev–Trinajstić information content (AvgIpc) is 1.54. The highest BCUT2D eigenvalue weighted by Gasteiger charge is 2.49. The lowest BCUT2D eigenvalue weighted by Crippen LogP contribution is -2.34. The molecule has 9 heteroatoms. The molecule has 0 saturated carbocycles. The van der Waals surface area contributed by atoms with Crippen LogP contribution in [0.15, 0.2) is 274 Å². The zero-order chi connectivity index (χ0) is 64.1. The molecule has 0 amide bonds. The Morgan fingerprint density at radius 2 is 0.787 bits per heavy atom. The predicted octanol–water partition coefficient (Wildman–Crippen LogP) is 20.8. The molecule has 7 atom stereocenters. The largest absolute Gasteiger partial charge is 0.492 e. The van der Waals surface area contributed by atoms with E-state index in [0.717, 1.165) is 63.1 Å². The minimum Gasteiger partial charge on any atom is -0.492 e. The van der Waals surface area contributed by atoms with Crippen LogP contribution in [-0.2, 0) is 31.5 Å². The van der Waals surface area contributed by atoms with Gasteiger partial charge in [-0.05, 0) is 178 Å². The summed E-state index contributed by atoms with van der Waals surface area (Å²) in [4.78, 5) is 4.86. The average molecular weight is 1310 g/mol. The normalized spacial score (nSPS) is 20.7. The fraction of sp³-hybridized carbons (Fsp3) is 0.294. The van der Waals surface area contributed by atoms with Crippen LogP contribution in [0, 0.1) is 0 Å². The Kier molecular flexibility index (Phi) is 19.5. The molecule has 14 rings (SSSR count). The number of hydrogen-bond donors (Lipinski definition) is 1. The van der Waals surface area contributed by atoms with Crippen molar-refractivity contribution >= 4 is 47.0 Å². The van der Waals surface area contributed by atoms with Gasteiger partial charge in [-0.1, -0.05) is 233 Å². The summed E-state index contributed by atoms with van der Waals surface area (Å²) in [6.07, 6.45) is 4.17. The maximum atomic E-state index is 11.9. The summed E-state index contributed by atoms with van der Waals surface area (Å²) in [6.45, 7) is 10.7. The molecule has 478 valence electrons. The van der Waals surface area contributed by atoms with Crippen molar-refractivity contribution in [3.05, 3.63) is 322 Å². The Bertz CT molecular complexity index is 4120. The number of benzene rings is 10. The molecule has 0 aromatic heterocycles. The van der Waals surface area contributed by atoms with Crippen molar-refractivity contribution in [3.63, 3.8) is 0 Å². The summed E-state index contributed by atoms with van der Waals surface area (Å²) in [6, 6.07) is 94.3. The summed E-state index contributed by atoms with van der Waals surface area (Å²) in [5.41, 5.74) is 13.4. The minimum atomic E-state index is -0.869. The SMILES string of the molecule is CCC(CC)(OCC(O)COc1ccc(C2(c3ccc(C(CC)(CC)OCC4CS4)cc3)CC(c3ccccc3)c3ccc(Sc4ccccc4)cc32)cc1)c1ccc(C2(c3ccc(OCC4CS4)cc3)CC(c3ccccc3)c3ccc(Sc4ccccc4)cc32)cc1. The minimum absolute atomic E-state index is 0.0872. The zero-order valence-electron chi connectivity index (χ0n) is 54.3. The van der Waals surface area contributed by atoms with E-state index in [1.807, 2.05) is 47.0 Å². The lowest BCUT2D eigenvalue weighted by Gasteiger charge is -2.36. The quantitative estimate of drug-likeness (QED) is 0.0483. The first kappa shape index (κ1) is 64.4. The standard InChI is InChI=1S/C85H84O5S4/c1-5-82(6-2,61-29-33-63(34-30-61)85(66-39-43-69(44-40-66)88-55-74-57-91-74)52-79(60-23-15-10-16-24-60)77-48-46-73(50-81(77)85)94-71-27-19-12-20-28-71)89-54-67(86)53-87-68-41-37-65(38-42-68)84(64-35-31-62(32-36-64)83(7-3,8-4)90-56-75-58-92-75)51-78(59-21-13-9-14-22-59)76-47-45-72(49-80(76)84)93-70-25-17-11-18-26-70/h9-50,67,74-75,78-79,86H,5-8,51-58H2,1-4H3. The van der Waals surface area contributed by atoms with Gasteiger partial charge in [0.2, 0.25) is 0 Å². The van der Waals surface area contributed by atoms with Gasteiger partial charge in [0.05, 0.1) is 24.4 Å². The number of rotatable bonds is 28. The van der Waals surface area contributed by atoms with Crippen molar-refractivity contribution in [2.24, 2.45) is 0 Å². The molecule has 0 bridgehead atoms. The number of fused-ring (bicyclic) bond motifs is 2. The summed E-state index contributed by atoms with van der Waals surface area (Å²) in [5.74, 6) is 4.33. The van der Waals surface area contributed by atoms with Gasteiger partial charge in [0, 0.05) is 64.3 Å². The van der Waals surface area contributed by atoms with Gasteiger partial charge in [-0.25, -0.2) is 0 Å². The van der Waals surface area contributed by atoms with Gasteiger partial charge in [-0.2, -0.15) is 23.5 Å². The fourth-order valence-electron chi connectivity index (χ4n) is 15.2. The molecule has 94 heavy (non-hydrogen) atoms. The van der Waals surface area contributed by atoms with E-state index in [0.29, 0.717) is 16.2 Å². The second kappa shape index (κ2) is 28.4. The van der Waals surface area contributed by atoms with Crippen molar-refractivity contribution in [1.82, 2.24) is 0 Å². The molecule has 10 aromatic carbocycles. The number of ether oxygens (including phenoxy) is 4. The van der Waals surface area contributed by atoms with Crippen LogP contribution >= 0.6 is 47.0 Å². The molecular weight excluding hydrogens is 1230 g/mol. The molecule has 7 unspecified atom stereocenters. The first-order valence-electron chi connectivity index (χ1n) is 33.9. The molecule has 1 N–H and O–H groups in total. The van der Waals surface area contributed by atoms with E-state index in [-0.39, 0.29) is 30.7 Å². The topological polar surface area (TPSA) is 57.2 Å². The maximum Gasteiger partial charge on any atom is 0.119 e. The van der Waals surface area contributed by atoms with Crippen LogP contribution in [0.25, 0.3) is 0 Å². The second-order valence-corrected chi connectivity index (χ2v) is 30.8. The van der Waals surface area contributed by atoms with Crippen LogP contribution in [0.1, 0.15) is 145 Å². The molecule has 2 saturated heterocycles. The highest BCUT2D eigenvalue weighted by atomic mass is 32.2. The summed E-state index contributed by atoms with van der Waals surface area (Å²) in [7, 11) is 0. The van der Waals surface area contributed by atoms with E-state index < -0.39 is 22.5 Å². The van der Waals surface area contributed by atoms with Crippen LogP contribution in [0.2, 0.25) is 0 Å². The third kappa shape index (κ3) is 13.2. The van der Waals surface area contributed by atoms with E-state index in [9.17, 15) is 5.11 Å². The number of thioether (sulfide) groups is 2. The zero-order valence-corrected chi connectivity index (χ0v) is 57.6. The van der Waals surface area contributed by atoms with Gasteiger partial charge in [-0.15, -0.1) is 0 Å². The predicted molar refractivity (Wildman–Crippen MR) is 391 cm³/mol. The Morgan fingerprint density at radius 3 is 1.19 bits per heavy atom. The van der Waals surface area contributed by atoms with Crippen LogP contribution in [-0.4, -0.2) is 59.6 Å². The van der Waals surface area contributed by atoms with Gasteiger partial charge >= 0.3 is 0 Å². The van der Waals surface area contributed by atoms with E-state index in [1.54, 1.807) is 0 Å². The lowest BCUT2D eigenvalue weighted by atomic mass is 9.69. The first-order valence-corrected chi connectivity index (χ1v) is 37.6. The van der Waals surface area contributed by atoms with Crippen LogP contribution in [0.4, 0.5) is 0 Å². The Morgan fingerprint density at radius 1 is 0.415 bits per heavy atom. The maximum absolute atomic E-state index is 11.9. The van der Waals surface area contributed by atoms with Gasteiger partial charge in [0.1, 0.15) is 30.8 Å². The summed E-state index contributed by atoms with van der Waals surface area (Å²) in [5, 5.41) is 13.1. The van der Waals surface area contributed by atoms with Crippen molar-refractivity contribution in [3.8, 4) is 11.5 Å². The Labute approximate surface area is 574 Å². The molecule has 2 heterocycles. The molecule has 5 nitrogen and oxygen atoms in total. The molecule has 2 fully saturated rings. The highest BCUT2D eigenvalue weighted by molar-refractivity contribution is 8.07. The first-order chi connectivity index (χ1) is 46.1. The summed E-state index contributed by atoms with van der Waals surface area (Å²) >= 11 is 7.58. The van der Waals surface area contributed by atoms with Crippen molar-refractivity contribution in [1.29, 1.82) is 0 Å². The summed E-state index contributed by atoms with van der Waals surface area (Å²) < 4.78 is 26.7. The van der Waals surface area contributed by atoms with Crippen molar-refractivity contribution in [2.75, 3.05) is 37.9 Å². The number of aliphatic hydroxyl groups excluding tert-OH is 1. The molecule has 0 spiro atoms. The van der Waals surface area contributed by atoms with Crippen LogP contribution < -0.4 is 9.47 Å². The van der Waals surface area contributed by atoms with Crippen LogP contribution in [0.3, 0.4) is 0 Å².